The van der Waals surface area contributed by atoms with E-state index in [0.717, 1.165) is 11.4 Å². The highest BCUT2D eigenvalue weighted by molar-refractivity contribution is 7.89. The molecule has 0 saturated carbocycles. The van der Waals surface area contributed by atoms with Crippen molar-refractivity contribution < 1.29 is 8.42 Å². The molecule has 7 nitrogen and oxygen atoms in total. The van der Waals surface area contributed by atoms with E-state index in [4.69, 9.17) is 5.73 Å². The van der Waals surface area contributed by atoms with Gasteiger partial charge in [0.25, 0.3) is 0 Å². The lowest BCUT2D eigenvalue weighted by atomic mass is 10.1. The van der Waals surface area contributed by atoms with Gasteiger partial charge in [-0.2, -0.15) is 0 Å². The van der Waals surface area contributed by atoms with Crippen molar-refractivity contribution in [3.8, 4) is 0 Å². The van der Waals surface area contributed by atoms with E-state index in [2.05, 4.69) is 14.9 Å². The van der Waals surface area contributed by atoms with Gasteiger partial charge in [-0.25, -0.2) is 13.1 Å². The maximum Gasteiger partial charge on any atom is 0.240 e. The van der Waals surface area contributed by atoms with Crippen LogP contribution in [-0.4, -0.2) is 29.7 Å². The SMILES string of the molecule is Cc1ccc(CN)cc1S(=O)(=O)NCCc1nncn1C. The lowest BCUT2D eigenvalue weighted by molar-refractivity contribution is 0.579. The highest BCUT2D eigenvalue weighted by atomic mass is 32.2. The first-order chi connectivity index (χ1) is 9.94. The van der Waals surface area contributed by atoms with Crippen molar-refractivity contribution in [3.63, 3.8) is 0 Å². The summed E-state index contributed by atoms with van der Waals surface area (Å²) < 4.78 is 29.0. The van der Waals surface area contributed by atoms with Gasteiger partial charge in [-0.1, -0.05) is 12.1 Å². The van der Waals surface area contributed by atoms with Crippen LogP contribution in [0.1, 0.15) is 17.0 Å². The predicted octanol–water partition coefficient (Wildman–Crippen LogP) is 0.103. The zero-order valence-electron chi connectivity index (χ0n) is 12.1. The van der Waals surface area contributed by atoms with Gasteiger partial charge in [0.2, 0.25) is 10.0 Å². The lowest BCUT2D eigenvalue weighted by Crippen LogP contribution is -2.27. The van der Waals surface area contributed by atoms with Crippen molar-refractivity contribution in [1.29, 1.82) is 0 Å². The molecule has 0 radical (unpaired) electrons. The molecule has 1 aromatic heterocycles. The molecule has 2 rings (SSSR count). The highest BCUT2D eigenvalue weighted by Crippen LogP contribution is 2.16. The van der Waals surface area contributed by atoms with E-state index < -0.39 is 10.0 Å². The molecule has 3 N–H and O–H groups in total. The van der Waals surface area contributed by atoms with Crippen LogP contribution in [0.25, 0.3) is 0 Å². The van der Waals surface area contributed by atoms with Crippen LogP contribution < -0.4 is 10.5 Å². The molecule has 0 aliphatic heterocycles. The fourth-order valence-corrected chi connectivity index (χ4v) is 3.29. The number of aryl methyl sites for hydroxylation is 2. The van der Waals surface area contributed by atoms with Gasteiger partial charge >= 0.3 is 0 Å². The number of hydrogen-bond donors (Lipinski definition) is 2. The van der Waals surface area contributed by atoms with Gasteiger partial charge in [0.15, 0.2) is 0 Å². The van der Waals surface area contributed by atoms with E-state index >= 15 is 0 Å². The fraction of sp³-hybridized carbons (Fsp3) is 0.385. The molecule has 8 heteroatoms. The Morgan fingerprint density at radius 2 is 2.14 bits per heavy atom. The first-order valence-electron chi connectivity index (χ1n) is 6.56. The second kappa shape index (κ2) is 6.33. The summed E-state index contributed by atoms with van der Waals surface area (Å²) in [4.78, 5) is 0.267. The van der Waals surface area contributed by atoms with Crippen molar-refractivity contribution in [2.45, 2.75) is 24.8 Å². The molecule has 0 fully saturated rings. The summed E-state index contributed by atoms with van der Waals surface area (Å²) >= 11 is 0. The number of nitrogens with one attached hydrogen (secondary N) is 1. The monoisotopic (exact) mass is 309 g/mol. The average molecular weight is 309 g/mol. The number of hydrogen-bond acceptors (Lipinski definition) is 5. The average Bonchev–Trinajstić information content (AvgIpc) is 2.84. The molecular weight excluding hydrogens is 290 g/mol. The molecule has 0 aliphatic carbocycles. The van der Waals surface area contributed by atoms with E-state index in [1.807, 2.05) is 13.1 Å². The molecule has 1 aromatic carbocycles. The Morgan fingerprint density at radius 1 is 1.38 bits per heavy atom. The number of rotatable bonds is 6. The van der Waals surface area contributed by atoms with Crippen LogP contribution in [0.4, 0.5) is 0 Å². The van der Waals surface area contributed by atoms with Crippen LogP contribution in [0, 0.1) is 6.92 Å². The van der Waals surface area contributed by atoms with Gasteiger partial charge in [-0.3, -0.25) is 0 Å². The Morgan fingerprint density at radius 3 is 2.76 bits per heavy atom. The Bertz CT molecular complexity index is 724. The van der Waals surface area contributed by atoms with Gasteiger partial charge < -0.3 is 10.3 Å². The molecule has 2 aromatic rings. The summed E-state index contributed by atoms with van der Waals surface area (Å²) in [7, 11) is -1.73. The van der Waals surface area contributed by atoms with Crippen molar-refractivity contribution in [1.82, 2.24) is 19.5 Å². The topological polar surface area (TPSA) is 103 Å². The smallest absolute Gasteiger partial charge is 0.240 e. The van der Waals surface area contributed by atoms with E-state index in [-0.39, 0.29) is 11.4 Å². The number of nitrogens with two attached hydrogens (primary N) is 1. The molecule has 114 valence electrons. The molecule has 21 heavy (non-hydrogen) atoms. The summed E-state index contributed by atoms with van der Waals surface area (Å²) in [5.74, 6) is 0.727. The summed E-state index contributed by atoms with van der Waals surface area (Å²) in [6, 6.07) is 5.20. The van der Waals surface area contributed by atoms with Gasteiger partial charge in [0.1, 0.15) is 12.2 Å². The highest BCUT2D eigenvalue weighted by Gasteiger charge is 2.17. The summed E-state index contributed by atoms with van der Waals surface area (Å²) in [5.41, 5.74) is 7.04. The summed E-state index contributed by atoms with van der Waals surface area (Å²) in [6.45, 7) is 2.33. The number of sulfonamides is 1. The van der Waals surface area contributed by atoms with Crippen molar-refractivity contribution >= 4 is 10.0 Å². The molecule has 0 unspecified atom stereocenters. The third-order valence-corrected chi connectivity index (χ3v) is 4.83. The van der Waals surface area contributed by atoms with Gasteiger partial charge in [-0.05, 0) is 24.1 Å². The van der Waals surface area contributed by atoms with Gasteiger partial charge in [-0.15, -0.1) is 10.2 Å². The molecular formula is C13H19N5O2S. The Balaban J connectivity index is 2.10. The maximum absolute atomic E-state index is 12.3. The Kier molecular flexibility index (Phi) is 4.71. The third-order valence-electron chi connectivity index (χ3n) is 3.22. The van der Waals surface area contributed by atoms with Crippen LogP contribution in [0.15, 0.2) is 29.4 Å². The van der Waals surface area contributed by atoms with Crippen LogP contribution in [0.3, 0.4) is 0 Å². The first-order valence-corrected chi connectivity index (χ1v) is 8.04. The lowest BCUT2D eigenvalue weighted by Gasteiger charge is -2.10. The number of benzene rings is 1. The van der Waals surface area contributed by atoms with Crippen molar-refractivity contribution in [2.75, 3.05) is 6.54 Å². The van der Waals surface area contributed by atoms with Gasteiger partial charge in [0.05, 0.1) is 4.90 Å². The zero-order valence-corrected chi connectivity index (χ0v) is 12.9. The van der Waals surface area contributed by atoms with E-state index in [0.29, 0.717) is 18.5 Å². The van der Waals surface area contributed by atoms with E-state index in [1.54, 1.807) is 30.0 Å². The Labute approximate surface area is 124 Å². The first kappa shape index (κ1) is 15.6. The minimum absolute atomic E-state index is 0.265. The van der Waals surface area contributed by atoms with E-state index in [9.17, 15) is 8.42 Å². The minimum Gasteiger partial charge on any atom is -0.326 e. The van der Waals surface area contributed by atoms with Crippen molar-refractivity contribution in [3.05, 3.63) is 41.5 Å². The minimum atomic E-state index is -3.55. The number of nitrogens with zero attached hydrogens (tertiary/aromatic N) is 3. The molecule has 0 atom stereocenters. The summed E-state index contributed by atoms with van der Waals surface area (Å²) in [6.07, 6.45) is 2.06. The third kappa shape index (κ3) is 3.66. The molecule has 0 spiro atoms. The Hall–Kier alpha value is -1.77. The fourth-order valence-electron chi connectivity index (χ4n) is 1.97. The summed E-state index contributed by atoms with van der Waals surface area (Å²) in [5, 5.41) is 7.67. The van der Waals surface area contributed by atoms with Crippen LogP contribution in [0.2, 0.25) is 0 Å². The maximum atomic E-state index is 12.3. The molecule has 0 aliphatic rings. The van der Waals surface area contributed by atoms with Crippen LogP contribution in [0.5, 0.6) is 0 Å². The van der Waals surface area contributed by atoms with Crippen LogP contribution >= 0.6 is 0 Å². The molecule has 1 heterocycles. The van der Waals surface area contributed by atoms with E-state index in [1.165, 1.54) is 0 Å². The quantitative estimate of drug-likeness (QED) is 0.788. The predicted molar refractivity (Wildman–Crippen MR) is 79.0 cm³/mol. The molecule has 0 bridgehead atoms. The van der Waals surface area contributed by atoms with Crippen LogP contribution in [-0.2, 0) is 30.0 Å². The molecule has 0 amide bonds. The largest absolute Gasteiger partial charge is 0.326 e. The second-order valence-electron chi connectivity index (χ2n) is 4.81. The normalized spacial score (nSPS) is 11.8. The number of aromatic nitrogens is 3. The second-order valence-corrected chi connectivity index (χ2v) is 6.55. The van der Waals surface area contributed by atoms with Gasteiger partial charge in [0, 0.05) is 26.6 Å². The zero-order chi connectivity index (χ0) is 15.5. The molecule has 0 saturated heterocycles. The standard InChI is InChI=1S/C13H19N5O2S/c1-10-3-4-11(8-14)7-12(10)21(19,20)16-6-5-13-17-15-9-18(13)2/h3-4,7,9,16H,5-6,8,14H2,1-2H3. The van der Waals surface area contributed by atoms with Crippen molar-refractivity contribution in [2.24, 2.45) is 12.8 Å².